The summed E-state index contributed by atoms with van der Waals surface area (Å²) < 4.78 is 0. The number of nitrogens with zero attached hydrogens (tertiary/aromatic N) is 1. The molecule has 0 bridgehead atoms. The molecule has 0 radical (unpaired) electrons. The number of para-hydroxylation sites is 2. The average Bonchev–Trinajstić information content (AvgIpc) is 3.09. The Balaban J connectivity index is 0.000000157. The summed E-state index contributed by atoms with van der Waals surface area (Å²) in [6.45, 7) is 2.31. The highest BCUT2D eigenvalue weighted by Crippen LogP contribution is 2.29. The van der Waals surface area contributed by atoms with E-state index in [1.54, 1.807) is 17.3 Å². The van der Waals surface area contributed by atoms with Crippen molar-refractivity contribution >= 4 is 29.7 Å². The van der Waals surface area contributed by atoms with E-state index in [4.69, 9.17) is 0 Å². The predicted octanol–water partition coefficient (Wildman–Crippen LogP) is 5.71. The fourth-order valence-corrected chi connectivity index (χ4v) is 4.87. The Labute approximate surface area is 183 Å². The fraction of sp³-hybridized carbons (Fsp3) is 0.207. The third-order valence-electron chi connectivity index (χ3n) is 6.37. The van der Waals surface area contributed by atoms with Gasteiger partial charge in [0.05, 0.1) is 11.4 Å². The Morgan fingerprint density at radius 1 is 0.935 bits per heavy atom. The monoisotopic (exact) mass is 404 g/mol. The quantitative estimate of drug-likeness (QED) is 0.552. The molecule has 1 N–H and O–H groups in total. The maximum absolute atomic E-state index is 4.21. The lowest BCUT2D eigenvalue weighted by Crippen LogP contribution is -2.21. The van der Waals surface area contributed by atoms with Crippen LogP contribution in [0.3, 0.4) is 0 Å². The van der Waals surface area contributed by atoms with Crippen molar-refractivity contribution in [2.45, 2.75) is 38.5 Å². The highest BCUT2D eigenvalue weighted by Gasteiger charge is 2.18. The van der Waals surface area contributed by atoms with Gasteiger partial charge in [-0.1, -0.05) is 67.6 Å². The van der Waals surface area contributed by atoms with Crippen LogP contribution in [-0.2, 0) is 6.42 Å². The molecule has 0 fully saturated rings. The molecule has 154 valence electrons. The predicted molar refractivity (Wildman–Crippen MR) is 132 cm³/mol. The lowest BCUT2D eigenvalue weighted by molar-refractivity contribution is 0.771. The molecule has 1 heterocycles. The largest absolute Gasteiger partial charge is 0.360 e. The number of allylic oxidation sites excluding steroid dienone is 1. The zero-order valence-electron chi connectivity index (χ0n) is 18.0. The molecule has 0 aromatic heterocycles. The van der Waals surface area contributed by atoms with Gasteiger partial charge in [0.15, 0.2) is 0 Å². The van der Waals surface area contributed by atoms with Crippen LogP contribution in [0.2, 0.25) is 0 Å². The van der Waals surface area contributed by atoms with E-state index in [2.05, 4.69) is 65.8 Å². The van der Waals surface area contributed by atoms with Gasteiger partial charge in [-0.25, -0.2) is 0 Å². The summed E-state index contributed by atoms with van der Waals surface area (Å²) in [5.74, 6) is 0.585. The molecule has 3 aromatic carbocycles. The minimum Gasteiger partial charge on any atom is -0.360 e. The number of hydrogen-bond donors (Lipinski definition) is 1. The van der Waals surface area contributed by atoms with Crippen LogP contribution in [-0.4, -0.2) is 6.21 Å². The van der Waals surface area contributed by atoms with Crippen LogP contribution in [0.4, 0.5) is 11.4 Å². The van der Waals surface area contributed by atoms with E-state index in [-0.39, 0.29) is 0 Å². The van der Waals surface area contributed by atoms with Crippen molar-refractivity contribution < 1.29 is 0 Å². The Bertz CT molecular complexity index is 1380. The minimum absolute atomic E-state index is 0.585. The number of hydrogen-bond acceptors (Lipinski definition) is 2. The third-order valence-corrected chi connectivity index (χ3v) is 6.37. The van der Waals surface area contributed by atoms with Gasteiger partial charge in [0.1, 0.15) is 0 Å². The van der Waals surface area contributed by atoms with Crippen LogP contribution in [0.25, 0.3) is 12.2 Å². The number of benzene rings is 3. The van der Waals surface area contributed by atoms with E-state index in [1.807, 2.05) is 36.5 Å². The summed E-state index contributed by atoms with van der Waals surface area (Å²) in [5, 5.41) is 8.91. The van der Waals surface area contributed by atoms with Crippen molar-refractivity contribution in [3.05, 3.63) is 105 Å². The first kappa shape index (κ1) is 19.6. The van der Waals surface area contributed by atoms with E-state index in [1.165, 1.54) is 46.6 Å². The summed E-state index contributed by atoms with van der Waals surface area (Å²) in [6.07, 6.45) is 15.4. The smallest absolute Gasteiger partial charge is 0.0864 e. The number of rotatable bonds is 1. The second kappa shape index (κ2) is 8.77. The van der Waals surface area contributed by atoms with Gasteiger partial charge in [-0.3, -0.25) is 4.99 Å². The van der Waals surface area contributed by atoms with Crippen LogP contribution in [0.1, 0.15) is 43.2 Å². The molecule has 2 aliphatic carbocycles. The average molecular weight is 405 g/mol. The van der Waals surface area contributed by atoms with Gasteiger partial charge in [-0.05, 0) is 75.9 Å². The topological polar surface area (TPSA) is 24.4 Å². The Morgan fingerprint density at radius 2 is 1.81 bits per heavy atom. The van der Waals surface area contributed by atoms with Crippen molar-refractivity contribution in [1.82, 2.24) is 0 Å². The molecule has 0 amide bonds. The molecular formula is C29H28N2. The van der Waals surface area contributed by atoms with Crippen molar-refractivity contribution in [2.75, 3.05) is 5.32 Å². The second-order valence-electron chi connectivity index (χ2n) is 8.26. The summed E-state index contributed by atoms with van der Waals surface area (Å²) in [6, 6.07) is 21.5. The maximum Gasteiger partial charge on any atom is 0.0864 e. The van der Waals surface area contributed by atoms with Crippen molar-refractivity contribution in [3.63, 3.8) is 0 Å². The van der Waals surface area contributed by atoms with Crippen LogP contribution in [0.5, 0.6) is 0 Å². The molecule has 3 aliphatic rings. The number of aliphatic imine (C=N–C) groups is 1. The zero-order chi connectivity index (χ0) is 21.0. The lowest BCUT2D eigenvalue weighted by atomic mass is 9.82. The minimum atomic E-state index is 0.585. The first-order valence-corrected chi connectivity index (χ1v) is 11.3. The fourth-order valence-electron chi connectivity index (χ4n) is 4.87. The van der Waals surface area contributed by atoms with Gasteiger partial charge in [-0.15, -0.1) is 0 Å². The van der Waals surface area contributed by atoms with Gasteiger partial charge in [0.2, 0.25) is 0 Å². The van der Waals surface area contributed by atoms with Gasteiger partial charge < -0.3 is 5.32 Å². The Morgan fingerprint density at radius 3 is 2.74 bits per heavy atom. The molecule has 6 rings (SSSR count). The number of anilines is 1. The Kier molecular flexibility index (Phi) is 5.54. The molecule has 0 saturated carbocycles. The number of fused-ring (bicyclic) bond motifs is 5. The molecule has 3 aromatic rings. The summed E-state index contributed by atoms with van der Waals surface area (Å²) >= 11 is 0. The molecule has 0 saturated heterocycles. The second-order valence-corrected chi connectivity index (χ2v) is 8.26. The first-order valence-electron chi connectivity index (χ1n) is 11.3. The SMILES string of the molecule is C1=CNc2ccccc2N=C1.CCC1C=c2ccccc2=c2ccc3c(c21)CCCC=3. The van der Waals surface area contributed by atoms with E-state index >= 15 is 0 Å². The highest BCUT2D eigenvalue weighted by atomic mass is 14.9. The van der Waals surface area contributed by atoms with Gasteiger partial charge in [0, 0.05) is 18.3 Å². The van der Waals surface area contributed by atoms with Crippen molar-refractivity contribution in [3.8, 4) is 0 Å². The standard InChI is InChI=1S/C20H20.C9H8N2/c1-2-14-13-16-8-4-5-9-17(16)19-12-11-15-7-3-6-10-18(15)20(14)19;1-2-5-9-8(4-1)10-6-3-7-11-9/h4-5,7-9,11-14H,2-3,6,10H2,1H3;1-7,10H. The molecule has 1 unspecified atom stereocenters. The van der Waals surface area contributed by atoms with E-state index in [0.29, 0.717) is 5.92 Å². The molecule has 2 heteroatoms. The first-order chi connectivity index (χ1) is 15.3. The molecule has 2 nitrogen and oxygen atoms in total. The highest BCUT2D eigenvalue weighted by molar-refractivity contribution is 5.81. The van der Waals surface area contributed by atoms with Gasteiger partial charge >= 0.3 is 0 Å². The van der Waals surface area contributed by atoms with Gasteiger partial charge in [0.25, 0.3) is 0 Å². The van der Waals surface area contributed by atoms with Crippen LogP contribution < -0.4 is 15.8 Å². The van der Waals surface area contributed by atoms with E-state index < -0.39 is 0 Å². The van der Waals surface area contributed by atoms with E-state index in [0.717, 1.165) is 11.4 Å². The van der Waals surface area contributed by atoms with Crippen LogP contribution in [0.15, 0.2) is 77.9 Å². The van der Waals surface area contributed by atoms with E-state index in [9.17, 15) is 0 Å². The summed E-state index contributed by atoms with van der Waals surface area (Å²) in [5.41, 5.74) is 5.26. The van der Waals surface area contributed by atoms with Crippen molar-refractivity contribution in [1.29, 1.82) is 0 Å². The van der Waals surface area contributed by atoms with Crippen LogP contribution >= 0.6 is 0 Å². The normalized spacial score (nSPS) is 17.1. The van der Waals surface area contributed by atoms with Gasteiger partial charge in [-0.2, -0.15) is 0 Å². The number of nitrogens with one attached hydrogen (secondary N) is 1. The lowest BCUT2D eigenvalue weighted by Gasteiger charge is -2.22. The maximum atomic E-state index is 4.21. The summed E-state index contributed by atoms with van der Waals surface area (Å²) in [7, 11) is 0. The van der Waals surface area contributed by atoms with Crippen LogP contribution in [0, 0.1) is 10.4 Å². The Hall–Kier alpha value is -3.39. The van der Waals surface area contributed by atoms with Crippen molar-refractivity contribution in [2.24, 2.45) is 4.99 Å². The molecular weight excluding hydrogens is 376 g/mol. The molecule has 1 aliphatic heterocycles. The molecule has 31 heavy (non-hydrogen) atoms. The molecule has 0 spiro atoms. The summed E-state index contributed by atoms with van der Waals surface area (Å²) in [4.78, 5) is 4.21. The zero-order valence-corrected chi connectivity index (χ0v) is 18.0. The molecule has 1 atom stereocenters. The third kappa shape index (κ3) is 3.86.